The van der Waals surface area contributed by atoms with Crippen LogP contribution in [0.25, 0.3) is 16.6 Å². The Morgan fingerprint density at radius 1 is 1.26 bits per heavy atom. The minimum atomic E-state index is -3.62. The minimum absolute atomic E-state index is 0.160. The topological polar surface area (TPSA) is 73.2 Å². The number of fused-ring (bicyclic) bond motifs is 1. The fourth-order valence-corrected chi connectivity index (χ4v) is 5.06. The van der Waals surface area contributed by atoms with Crippen LogP contribution < -0.4 is 9.46 Å². The number of allylic oxidation sites excluding steroid dienone is 4. The van der Waals surface area contributed by atoms with Crippen molar-refractivity contribution in [1.82, 2.24) is 14.5 Å². The Labute approximate surface area is 185 Å². The standard InChI is InChI=1S/C22H21ClFN3O3S/c1-15(26-31(28,29)21-4-2-3-17(23)12-21)14-30-20-9-10-22-16(11-20)13-25-27(22)19-7-5-18(24)6-8-19/h3,5-13,15,26H,2,4,14H2,1H3. The van der Waals surface area contributed by atoms with E-state index in [1.807, 2.05) is 12.1 Å². The summed E-state index contributed by atoms with van der Waals surface area (Å²) in [4.78, 5) is 0.279. The zero-order chi connectivity index (χ0) is 22.0. The Hall–Kier alpha value is -2.68. The lowest BCUT2D eigenvalue weighted by molar-refractivity contribution is 0.288. The zero-order valence-electron chi connectivity index (χ0n) is 16.8. The Balaban J connectivity index is 1.42. The highest BCUT2D eigenvalue weighted by molar-refractivity contribution is 7.93. The molecule has 4 rings (SSSR count). The average molecular weight is 462 g/mol. The summed E-state index contributed by atoms with van der Waals surface area (Å²) < 4.78 is 48.4. The van der Waals surface area contributed by atoms with E-state index in [4.69, 9.17) is 16.3 Å². The fraction of sp³-hybridized carbons (Fsp3) is 0.227. The maximum Gasteiger partial charge on any atom is 0.237 e. The molecule has 1 atom stereocenters. The molecular formula is C22H21ClFN3O3S. The lowest BCUT2D eigenvalue weighted by Crippen LogP contribution is -2.37. The molecule has 31 heavy (non-hydrogen) atoms. The number of hydrogen-bond acceptors (Lipinski definition) is 4. The molecule has 1 N–H and O–H groups in total. The molecule has 1 aliphatic rings. The number of nitrogens with one attached hydrogen (secondary N) is 1. The molecule has 2 aromatic carbocycles. The predicted octanol–water partition coefficient (Wildman–Crippen LogP) is 4.65. The van der Waals surface area contributed by atoms with Gasteiger partial charge in [-0.25, -0.2) is 22.2 Å². The summed E-state index contributed by atoms with van der Waals surface area (Å²) >= 11 is 5.93. The predicted molar refractivity (Wildman–Crippen MR) is 119 cm³/mol. The second-order valence-electron chi connectivity index (χ2n) is 7.33. The molecule has 1 aliphatic carbocycles. The van der Waals surface area contributed by atoms with Crippen LogP contribution in [0, 0.1) is 5.82 Å². The van der Waals surface area contributed by atoms with Gasteiger partial charge in [-0.2, -0.15) is 5.10 Å². The maximum absolute atomic E-state index is 13.2. The van der Waals surface area contributed by atoms with Crippen LogP contribution in [0.1, 0.15) is 19.8 Å². The summed E-state index contributed by atoms with van der Waals surface area (Å²) in [5.74, 6) is 0.292. The molecule has 0 bridgehead atoms. The minimum Gasteiger partial charge on any atom is -0.492 e. The molecule has 3 aromatic rings. The largest absolute Gasteiger partial charge is 0.492 e. The third kappa shape index (κ3) is 4.98. The van der Waals surface area contributed by atoms with Gasteiger partial charge in [-0.1, -0.05) is 17.7 Å². The molecule has 0 spiro atoms. The molecule has 0 saturated carbocycles. The summed E-state index contributed by atoms with van der Waals surface area (Å²) in [5.41, 5.74) is 1.60. The van der Waals surface area contributed by atoms with E-state index in [0.717, 1.165) is 16.6 Å². The normalized spacial score (nSPS) is 15.5. The second kappa shape index (κ2) is 8.82. The van der Waals surface area contributed by atoms with Crippen molar-refractivity contribution in [2.75, 3.05) is 6.61 Å². The fourth-order valence-electron chi connectivity index (χ4n) is 3.33. The van der Waals surface area contributed by atoms with Crippen LogP contribution >= 0.6 is 11.6 Å². The van der Waals surface area contributed by atoms with Crippen molar-refractivity contribution >= 4 is 32.5 Å². The van der Waals surface area contributed by atoms with E-state index in [9.17, 15) is 12.8 Å². The first-order valence-electron chi connectivity index (χ1n) is 9.77. The highest BCUT2D eigenvalue weighted by Crippen LogP contribution is 2.25. The number of ether oxygens (including phenoxy) is 1. The Kier molecular flexibility index (Phi) is 6.13. The van der Waals surface area contributed by atoms with E-state index < -0.39 is 16.1 Å². The van der Waals surface area contributed by atoms with Crippen molar-refractivity contribution in [2.24, 2.45) is 0 Å². The summed E-state index contributed by atoms with van der Waals surface area (Å²) in [6.07, 6.45) is 6.00. The van der Waals surface area contributed by atoms with Crippen LogP contribution in [0.15, 0.2) is 70.8 Å². The van der Waals surface area contributed by atoms with Crippen molar-refractivity contribution in [3.8, 4) is 11.4 Å². The Morgan fingerprint density at radius 2 is 2.03 bits per heavy atom. The van der Waals surface area contributed by atoms with Gasteiger partial charge in [0, 0.05) is 10.4 Å². The molecule has 0 amide bonds. The molecule has 1 unspecified atom stereocenters. The number of hydrogen-bond donors (Lipinski definition) is 1. The third-order valence-electron chi connectivity index (χ3n) is 4.84. The van der Waals surface area contributed by atoms with E-state index in [0.29, 0.717) is 23.6 Å². The second-order valence-corrected chi connectivity index (χ2v) is 9.53. The van der Waals surface area contributed by atoms with Crippen molar-refractivity contribution in [1.29, 1.82) is 0 Å². The number of rotatable bonds is 7. The van der Waals surface area contributed by atoms with Crippen LogP contribution in [0.5, 0.6) is 5.75 Å². The van der Waals surface area contributed by atoms with Gasteiger partial charge < -0.3 is 4.74 Å². The van der Waals surface area contributed by atoms with Gasteiger partial charge in [0.1, 0.15) is 18.2 Å². The molecule has 1 aromatic heterocycles. The van der Waals surface area contributed by atoms with E-state index in [-0.39, 0.29) is 17.3 Å². The quantitative estimate of drug-likeness (QED) is 0.555. The summed E-state index contributed by atoms with van der Waals surface area (Å²) in [6, 6.07) is 11.1. The zero-order valence-corrected chi connectivity index (χ0v) is 18.3. The van der Waals surface area contributed by atoms with Crippen LogP contribution in [0.3, 0.4) is 0 Å². The van der Waals surface area contributed by atoms with Gasteiger partial charge >= 0.3 is 0 Å². The summed E-state index contributed by atoms with van der Waals surface area (Å²) in [5, 5.41) is 5.65. The van der Waals surface area contributed by atoms with E-state index in [2.05, 4.69) is 9.82 Å². The van der Waals surface area contributed by atoms with E-state index in [1.54, 1.807) is 42.1 Å². The smallest absolute Gasteiger partial charge is 0.237 e. The molecule has 0 radical (unpaired) electrons. The van der Waals surface area contributed by atoms with Gasteiger partial charge in [-0.3, -0.25) is 0 Å². The lowest BCUT2D eigenvalue weighted by Gasteiger charge is -2.18. The summed E-state index contributed by atoms with van der Waals surface area (Å²) in [6.45, 7) is 1.90. The van der Waals surface area contributed by atoms with Gasteiger partial charge in [0.2, 0.25) is 10.0 Å². The Morgan fingerprint density at radius 3 is 2.77 bits per heavy atom. The maximum atomic E-state index is 13.2. The first-order chi connectivity index (χ1) is 14.8. The highest BCUT2D eigenvalue weighted by Gasteiger charge is 2.22. The first-order valence-corrected chi connectivity index (χ1v) is 11.6. The van der Waals surface area contributed by atoms with Crippen LogP contribution in [0.2, 0.25) is 0 Å². The first kappa shape index (κ1) is 21.5. The van der Waals surface area contributed by atoms with Crippen LogP contribution in [0.4, 0.5) is 4.39 Å². The average Bonchev–Trinajstić information content (AvgIpc) is 3.16. The SMILES string of the molecule is CC(COc1ccc2c(cnn2-c2ccc(F)cc2)c1)NS(=O)(=O)C1=CC(Cl)=CCC1. The van der Waals surface area contributed by atoms with Crippen molar-refractivity contribution in [2.45, 2.75) is 25.8 Å². The van der Waals surface area contributed by atoms with Crippen LogP contribution in [-0.4, -0.2) is 30.8 Å². The number of benzene rings is 2. The van der Waals surface area contributed by atoms with E-state index in [1.165, 1.54) is 18.2 Å². The molecule has 0 saturated heterocycles. The lowest BCUT2D eigenvalue weighted by atomic mass is 10.2. The molecular weight excluding hydrogens is 441 g/mol. The molecule has 0 aliphatic heterocycles. The monoisotopic (exact) mass is 461 g/mol. The highest BCUT2D eigenvalue weighted by atomic mass is 35.5. The van der Waals surface area contributed by atoms with Crippen LogP contribution in [-0.2, 0) is 10.0 Å². The molecule has 9 heteroatoms. The number of halogens is 2. The number of aromatic nitrogens is 2. The molecule has 6 nitrogen and oxygen atoms in total. The number of nitrogens with zero attached hydrogens (tertiary/aromatic N) is 2. The molecule has 162 valence electrons. The summed E-state index contributed by atoms with van der Waals surface area (Å²) in [7, 11) is -3.62. The van der Waals surface area contributed by atoms with Gasteiger partial charge in [0.05, 0.1) is 28.3 Å². The number of sulfonamides is 1. The van der Waals surface area contributed by atoms with Crippen molar-refractivity contribution in [3.63, 3.8) is 0 Å². The van der Waals surface area contributed by atoms with Crippen molar-refractivity contribution in [3.05, 3.63) is 76.6 Å². The van der Waals surface area contributed by atoms with Gasteiger partial charge in [-0.15, -0.1) is 0 Å². The van der Waals surface area contributed by atoms with Gasteiger partial charge in [0.25, 0.3) is 0 Å². The molecule has 0 fully saturated rings. The third-order valence-corrected chi connectivity index (χ3v) is 6.83. The van der Waals surface area contributed by atoms with Gasteiger partial charge in [-0.05, 0) is 68.3 Å². The van der Waals surface area contributed by atoms with Gasteiger partial charge in [0.15, 0.2) is 0 Å². The molecule has 1 heterocycles. The van der Waals surface area contributed by atoms with Crippen molar-refractivity contribution < 1.29 is 17.5 Å². The van der Waals surface area contributed by atoms with E-state index >= 15 is 0 Å². The Bertz CT molecular complexity index is 1270.